The molecule has 1 aromatic carbocycles. The number of likely N-dealkylation sites (tertiary alicyclic amines) is 1. The monoisotopic (exact) mass is 331 g/mol. The number of hydrogen-bond acceptors (Lipinski definition) is 3. The molecule has 0 N–H and O–H groups in total. The molecule has 128 valence electrons. The first-order chi connectivity index (χ1) is 11.7. The van der Waals surface area contributed by atoms with Gasteiger partial charge in [-0.25, -0.2) is 9.07 Å². The maximum Gasteiger partial charge on any atom is 0.278 e. The average molecular weight is 331 g/mol. The molecule has 0 aliphatic carbocycles. The summed E-state index contributed by atoms with van der Waals surface area (Å²) in [6.07, 6.45) is 5.75. The van der Waals surface area contributed by atoms with Gasteiger partial charge < -0.3 is 9.64 Å². The van der Waals surface area contributed by atoms with E-state index in [4.69, 9.17) is 4.74 Å². The molecule has 1 fully saturated rings. The minimum absolute atomic E-state index is 0.0957. The van der Waals surface area contributed by atoms with E-state index in [2.05, 4.69) is 5.10 Å². The summed E-state index contributed by atoms with van der Waals surface area (Å²) in [5.41, 5.74) is 1.02. The van der Waals surface area contributed by atoms with E-state index in [1.54, 1.807) is 23.0 Å². The lowest BCUT2D eigenvalue weighted by molar-refractivity contribution is 0.0713. The molecule has 24 heavy (non-hydrogen) atoms. The number of ether oxygens (including phenoxy) is 1. The van der Waals surface area contributed by atoms with Crippen LogP contribution >= 0.6 is 0 Å². The van der Waals surface area contributed by atoms with Crippen LogP contribution in [0.4, 0.5) is 4.39 Å². The van der Waals surface area contributed by atoms with Gasteiger partial charge in [-0.05, 0) is 49.9 Å². The normalized spacial score (nSPS) is 14.7. The largest absolute Gasteiger partial charge is 0.489 e. The second-order valence-electron chi connectivity index (χ2n) is 5.96. The Morgan fingerprint density at radius 3 is 2.58 bits per heavy atom. The predicted octanol–water partition coefficient (Wildman–Crippen LogP) is 3.43. The first-order valence-electron chi connectivity index (χ1n) is 8.46. The van der Waals surface area contributed by atoms with E-state index in [0.717, 1.165) is 38.8 Å². The minimum Gasteiger partial charge on any atom is -0.489 e. The van der Waals surface area contributed by atoms with Crippen LogP contribution < -0.4 is 4.74 Å². The van der Waals surface area contributed by atoms with Crippen molar-refractivity contribution in [3.8, 4) is 11.4 Å². The summed E-state index contributed by atoms with van der Waals surface area (Å²) in [5.74, 6) is 0.0800. The number of carbonyl (C=O) groups excluding carboxylic acids is 1. The van der Waals surface area contributed by atoms with Gasteiger partial charge in [0.2, 0.25) is 0 Å². The Kier molecular flexibility index (Phi) is 5.13. The van der Waals surface area contributed by atoms with E-state index in [1.165, 1.54) is 12.1 Å². The van der Waals surface area contributed by atoms with Crippen LogP contribution in [0.3, 0.4) is 0 Å². The minimum atomic E-state index is -0.307. The summed E-state index contributed by atoms with van der Waals surface area (Å²) in [4.78, 5) is 14.6. The lowest BCUT2D eigenvalue weighted by Crippen LogP contribution is -2.36. The second kappa shape index (κ2) is 7.47. The first kappa shape index (κ1) is 16.5. The lowest BCUT2D eigenvalue weighted by atomic mass is 10.1. The maximum atomic E-state index is 13.1. The van der Waals surface area contributed by atoms with Gasteiger partial charge in [-0.1, -0.05) is 6.92 Å². The Labute approximate surface area is 141 Å². The summed E-state index contributed by atoms with van der Waals surface area (Å²) in [5, 5.41) is 4.42. The van der Waals surface area contributed by atoms with Crippen molar-refractivity contribution >= 4 is 5.91 Å². The van der Waals surface area contributed by atoms with Crippen LogP contribution in [-0.4, -0.2) is 40.3 Å². The Balaban J connectivity index is 1.90. The van der Waals surface area contributed by atoms with E-state index in [0.29, 0.717) is 23.7 Å². The van der Waals surface area contributed by atoms with Crippen molar-refractivity contribution in [1.82, 2.24) is 14.7 Å². The van der Waals surface area contributed by atoms with Crippen molar-refractivity contribution in [3.05, 3.63) is 42.0 Å². The van der Waals surface area contributed by atoms with E-state index in [1.807, 2.05) is 11.8 Å². The second-order valence-corrected chi connectivity index (χ2v) is 5.96. The van der Waals surface area contributed by atoms with Gasteiger partial charge >= 0.3 is 0 Å². The number of benzene rings is 1. The fourth-order valence-corrected chi connectivity index (χ4v) is 2.80. The molecule has 6 heteroatoms. The zero-order chi connectivity index (χ0) is 16.9. The van der Waals surface area contributed by atoms with Crippen molar-refractivity contribution < 1.29 is 13.9 Å². The smallest absolute Gasteiger partial charge is 0.278 e. The summed E-state index contributed by atoms with van der Waals surface area (Å²) in [7, 11) is 0. The van der Waals surface area contributed by atoms with Crippen molar-refractivity contribution in [2.24, 2.45) is 0 Å². The van der Waals surface area contributed by atoms with Gasteiger partial charge in [0.05, 0.1) is 18.5 Å². The van der Waals surface area contributed by atoms with Gasteiger partial charge in [0.25, 0.3) is 5.91 Å². The molecule has 1 amide bonds. The van der Waals surface area contributed by atoms with Crippen LogP contribution in [0, 0.1) is 5.82 Å². The highest BCUT2D eigenvalue weighted by molar-refractivity contribution is 5.95. The number of amides is 1. The molecule has 1 aliphatic rings. The molecule has 2 aromatic rings. The zero-order valence-corrected chi connectivity index (χ0v) is 13.9. The first-order valence-corrected chi connectivity index (χ1v) is 8.46. The predicted molar refractivity (Wildman–Crippen MR) is 89.1 cm³/mol. The molecule has 1 aliphatic heterocycles. The van der Waals surface area contributed by atoms with Crippen LogP contribution in [-0.2, 0) is 0 Å². The quantitative estimate of drug-likeness (QED) is 0.843. The molecule has 3 rings (SSSR count). The molecular formula is C18H22FN3O2. The number of aromatic nitrogens is 2. The Morgan fingerprint density at radius 2 is 1.92 bits per heavy atom. The van der Waals surface area contributed by atoms with Gasteiger partial charge in [0, 0.05) is 13.1 Å². The number of piperidine rings is 1. The molecule has 5 nitrogen and oxygen atoms in total. The molecule has 0 atom stereocenters. The van der Waals surface area contributed by atoms with E-state index >= 15 is 0 Å². The van der Waals surface area contributed by atoms with Crippen LogP contribution in [0.15, 0.2) is 30.5 Å². The highest BCUT2D eigenvalue weighted by Gasteiger charge is 2.25. The van der Waals surface area contributed by atoms with Crippen molar-refractivity contribution in [2.75, 3.05) is 19.7 Å². The molecule has 0 bridgehead atoms. The maximum absolute atomic E-state index is 13.1. The summed E-state index contributed by atoms with van der Waals surface area (Å²) < 4.78 is 20.4. The fraction of sp³-hybridized carbons (Fsp3) is 0.444. The Morgan fingerprint density at radius 1 is 1.21 bits per heavy atom. The van der Waals surface area contributed by atoms with Gasteiger partial charge in [0.1, 0.15) is 5.82 Å². The van der Waals surface area contributed by atoms with E-state index in [-0.39, 0.29) is 11.7 Å². The van der Waals surface area contributed by atoms with Gasteiger partial charge in [-0.2, -0.15) is 5.10 Å². The number of nitrogens with zero attached hydrogens (tertiary/aromatic N) is 3. The molecule has 0 radical (unpaired) electrons. The van der Waals surface area contributed by atoms with Crippen molar-refractivity contribution in [1.29, 1.82) is 0 Å². The van der Waals surface area contributed by atoms with Crippen LogP contribution in [0.2, 0.25) is 0 Å². The molecule has 0 spiro atoms. The van der Waals surface area contributed by atoms with E-state index in [9.17, 15) is 9.18 Å². The van der Waals surface area contributed by atoms with Gasteiger partial charge in [-0.15, -0.1) is 0 Å². The molecule has 0 saturated carbocycles. The third-order valence-electron chi connectivity index (χ3n) is 4.08. The molecular weight excluding hydrogens is 309 g/mol. The lowest BCUT2D eigenvalue weighted by Gasteiger charge is -2.26. The zero-order valence-electron chi connectivity index (χ0n) is 13.9. The third kappa shape index (κ3) is 3.58. The SMILES string of the molecule is CCCOc1cn(-c2ccc(F)cc2)nc1C(=O)N1CCCCC1. The van der Waals surface area contributed by atoms with Crippen molar-refractivity contribution in [3.63, 3.8) is 0 Å². The Bertz CT molecular complexity index is 691. The molecule has 0 unspecified atom stereocenters. The third-order valence-corrected chi connectivity index (χ3v) is 4.08. The van der Waals surface area contributed by atoms with Crippen molar-refractivity contribution in [2.45, 2.75) is 32.6 Å². The highest BCUT2D eigenvalue weighted by Crippen LogP contribution is 2.23. The highest BCUT2D eigenvalue weighted by atomic mass is 19.1. The fourth-order valence-electron chi connectivity index (χ4n) is 2.80. The van der Waals surface area contributed by atoms with Crippen LogP contribution in [0.25, 0.3) is 5.69 Å². The summed E-state index contributed by atoms with van der Waals surface area (Å²) in [6, 6.07) is 5.99. The van der Waals surface area contributed by atoms with Gasteiger partial charge in [-0.3, -0.25) is 4.79 Å². The van der Waals surface area contributed by atoms with Crippen LogP contribution in [0.5, 0.6) is 5.75 Å². The molecule has 1 aromatic heterocycles. The number of rotatable bonds is 5. The Hall–Kier alpha value is -2.37. The molecule has 1 saturated heterocycles. The number of halogens is 1. The average Bonchev–Trinajstić information content (AvgIpc) is 3.04. The standard InChI is InChI=1S/C18H22FN3O2/c1-2-12-24-16-13-22(15-8-6-14(19)7-9-15)20-17(16)18(23)21-10-4-3-5-11-21/h6-9,13H,2-5,10-12H2,1H3. The number of hydrogen-bond donors (Lipinski definition) is 0. The topological polar surface area (TPSA) is 47.4 Å². The van der Waals surface area contributed by atoms with Crippen LogP contribution in [0.1, 0.15) is 43.1 Å². The summed E-state index contributed by atoms with van der Waals surface area (Å²) in [6.45, 7) is 4.05. The van der Waals surface area contributed by atoms with Gasteiger partial charge in [0.15, 0.2) is 11.4 Å². The summed E-state index contributed by atoms with van der Waals surface area (Å²) >= 11 is 0. The molecule has 2 heterocycles. The number of carbonyl (C=O) groups is 1. The van der Waals surface area contributed by atoms with E-state index < -0.39 is 0 Å².